The molecule has 39 heavy (non-hydrogen) atoms. The Labute approximate surface area is 231 Å². The van der Waals surface area contributed by atoms with Gasteiger partial charge in [-0.25, -0.2) is 9.37 Å². The summed E-state index contributed by atoms with van der Waals surface area (Å²) in [6.45, 7) is 12.4. The number of piperidine rings is 1. The highest BCUT2D eigenvalue weighted by atomic mass is 19.1. The summed E-state index contributed by atoms with van der Waals surface area (Å²) in [5, 5.41) is 10.1. The zero-order valence-corrected chi connectivity index (χ0v) is 23.8. The molecule has 2 fully saturated rings. The number of pyridine rings is 1. The quantitative estimate of drug-likeness (QED) is 0.395. The molecule has 1 unspecified atom stereocenters. The number of carbonyl (C=O) groups is 1. The number of hydrogen-bond donors (Lipinski definition) is 1. The second-order valence-corrected chi connectivity index (χ2v) is 12.8. The normalized spacial score (nSPS) is 22.5. The molecule has 2 aliphatic heterocycles. The summed E-state index contributed by atoms with van der Waals surface area (Å²) in [5.41, 5.74) is 4.26. The lowest BCUT2D eigenvalue weighted by Crippen LogP contribution is -2.48. The van der Waals surface area contributed by atoms with Crippen molar-refractivity contribution < 1.29 is 14.3 Å². The molecule has 3 atom stereocenters. The highest BCUT2D eigenvalue weighted by Crippen LogP contribution is 2.39. The summed E-state index contributed by atoms with van der Waals surface area (Å²) in [6, 6.07) is 10.7. The first-order chi connectivity index (χ1) is 18.6. The predicted octanol–water partition coefficient (Wildman–Crippen LogP) is 5.82. The Morgan fingerprint density at radius 3 is 2.59 bits per heavy atom. The van der Waals surface area contributed by atoms with Crippen molar-refractivity contribution in [1.82, 2.24) is 19.2 Å². The van der Waals surface area contributed by atoms with Gasteiger partial charge in [0.15, 0.2) is 0 Å². The summed E-state index contributed by atoms with van der Waals surface area (Å²) >= 11 is 0. The van der Waals surface area contributed by atoms with E-state index in [1.807, 2.05) is 26.8 Å². The van der Waals surface area contributed by atoms with Crippen LogP contribution in [0.5, 0.6) is 0 Å². The number of nitrogens with zero attached hydrogens (tertiary/aromatic N) is 4. The molecule has 3 aromatic rings. The fourth-order valence-corrected chi connectivity index (χ4v) is 7.02. The molecule has 6 nitrogen and oxygen atoms in total. The van der Waals surface area contributed by atoms with Crippen LogP contribution in [0.1, 0.15) is 75.6 Å². The Balaban J connectivity index is 1.29. The molecule has 0 bridgehead atoms. The molecule has 0 radical (unpaired) electrons. The third-order valence-electron chi connectivity index (χ3n) is 8.81. The van der Waals surface area contributed by atoms with Crippen LogP contribution >= 0.6 is 0 Å². The third-order valence-corrected chi connectivity index (χ3v) is 8.81. The lowest BCUT2D eigenvalue weighted by atomic mass is 9.85. The van der Waals surface area contributed by atoms with Crippen LogP contribution in [0.4, 0.5) is 4.39 Å². The number of carboxylic acids is 1. The minimum absolute atomic E-state index is 0.110. The van der Waals surface area contributed by atoms with Gasteiger partial charge in [-0.15, -0.1) is 0 Å². The largest absolute Gasteiger partial charge is 0.480 e. The molecule has 2 saturated heterocycles. The molecule has 4 heterocycles. The standard InChI is InChI=1S/C32H43FN4O2/c1-5-7-22-10-15-37-28(18-34-29(37)16-22)23-11-13-35(14-12-23)19-25-20-36(30(31(38)39)32(2,3)4)21-27(25)24-8-6-9-26(33)17-24/h6,8-10,15-18,23,25,27,30H,5,7,11-14,19-21H2,1-4H3,(H,38,39)/t25-,27?,30-/m0/s1. The number of carboxylic acid groups (broad SMARTS) is 1. The van der Waals surface area contributed by atoms with E-state index in [0.29, 0.717) is 19.0 Å². The van der Waals surface area contributed by atoms with Gasteiger partial charge >= 0.3 is 5.97 Å². The van der Waals surface area contributed by atoms with Crippen molar-refractivity contribution in [2.75, 3.05) is 32.7 Å². The minimum atomic E-state index is -0.781. The smallest absolute Gasteiger partial charge is 0.321 e. The highest BCUT2D eigenvalue weighted by Gasteiger charge is 2.44. The van der Waals surface area contributed by atoms with Crippen LogP contribution in [0.2, 0.25) is 0 Å². The highest BCUT2D eigenvalue weighted by molar-refractivity contribution is 5.74. The minimum Gasteiger partial charge on any atom is -0.480 e. The van der Waals surface area contributed by atoms with E-state index in [0.717, 1.165) is 56.5 Å². The van der Waals surface area contributed by atoms with E-state index in [4.69, 9.17) is 4.98 Å². The second-order valence-electron chi connectivity index (χ2n) is 12.8. The number of imidazole rings is 1. The van der Waals surface area contributed by atoms with E-state index < -0.39 is 17.4 Å². The van der Waals surface area contributed by atoms with E-state index in [1.54, 1.807) is 12.1 Å². The van der Waals surface area contributed by atoms with Gasteiger partial charge in [-0.2, -0.15) is 0 Å². The van der Waals surface area contributed by atoms with E-state index in [-0.39, 0.29) is 17.7 Å². The number of aromatic nitrogens is 2. The molecule has 5 rings (SSSR count). The molecular formula is C32H43FN4O2. The molecule has 0 aliphatic carbocycles. The topological polar surface area (TPSA) is 61.1 Å². The van der Waals surface area contributed by atoms with Gasteiger partial charge in [0, 0.05) is 49.6 Å². The molecule has 2 aromatic heterocycles. The fraction of sp³-hybridized carbons (Fsp3) is 0.562. The molecule has 0 amide bonds. The number of benzene rings is 1. The predicted molar refractivity (Wildman–Crippen MR) is 153 cm³/mol. The van der Waals surface area contributed by atoms with Crippen molar-refractivity contribution >= 4 is 11.6 Å². The maximum absolute atomic E-state index is 14.2. The number of rotatable bonds is 8. The fourth-order valence-electron chi connectivity index (χ4n) is 7.02. The Morgan fingerprint density at radius 1 is 1.15 bits per heavy atom. The lowest BCUT2D eigenvalue weighted by Gasteiger charge is -2.36. The monoisotopic (exact) mass is 534 g/mol. The number of halogens is 1. The van der Waals surface area contributed by atoms with Gasteiger partial charge in [0.25, 0.3) is 0 Å². The van der Waals surface area contributed by atoms with Gasteiger partial charge in [0.2, 0.25) is 0 Å². The Bertz CT molecular complexity index is 1290. The zero-order chi connectivity index (χ0) is 27.7. The SMILES string of the molecule is CCCc1ccn2c(C3CCN(C[C@H]4CN([C@@H](C(=O)O)C(C)(C)C)CC4c4cccc(F)c4)CC3)cnc2c1. The van der Waals surface area contributed by atoms with Crippen LogP contribution in [-0.2, 0) is 11.2 Å². The van der Waals surface area contributed by atoms with Crippen molar-refractivity contribution in [3.05, 3.63) is 71.4 Å². The Morgan fingerprint density at radius 2 is 1.92 bits per heavy atom. The lowest BCUT2D eigenvalue weighted by molar-refractivity contribution is -0.147. The van der Waals surface area contributed by atoms with Crippen LogP contribution in [0, 0.1) is 17.2 Å². The second kappa shape index (κ2) is 11.4. The first kappa shape index (κ1) is 27.8. The maximum atomic E-state index is 14.2. The average molecular weight is 535 g/mol. The molecule has 0 saturated carbocycles. The maximum Gasteiger partial charge on any atom is 0.321 e. The molecule has 1 aromatic carbocycles. The molecule has 1 N–H and O–H groups in total. The van der Waals surface area contributed by atoms with E-state index in [1.165, 1.54) is 17.3 Å². The summed E-state index contributed by atoms with van der Waals surface area (Å²) in [5.74, 6) is -0.175. The van der Waals surface area contributed by atoms with Crippen molar-refractivity contribution in [2.24, 2.45) is 11.3 Å². The van der Waals surface area contributed by atoms with Gasteiger partial charge in [-0.3, -0.25) is 9.69 Å². The summed E-state index contributed by atoms with van der Waals surface area (Å²) in [6.07, 6.45) is 8.60. The van der Waals surface area contributed by atoms with Gasteiger partial charge in [0.1, 0.15) is 17.5 Å². The van der Waals surface area contributed by atoms with Crippen LogP contribution in [0.15, 0.2) is 48.8 Å². The van der Waals surface area contributed by atoms with Crippen LogP contribution in [-0.4, -0.2) is 69.0 Å². The third kappa shape index (κ3) is 6.04. The Kier molecular flexibility index (Phi) is 8.11. The van der Waals surface area contributed by atoms with Crippen LogP contribution in [0.3, 0.4) is 0 Å². The first-order valence-electron chi connectivity index (χ1n) is 14.5. The molecular weight excluding hydrogens is 491 g/mol. The molecule has 2 aliphatic rings. The average Bonchev–Trinajstić information content (AvgIpc) is 3.48. The van der Waals surface area contributed by atoms with Crippen molar-refractivity contribution in [2.45, 2.75) is 71.3 Å². The van der Waals surface area contributed by atoms with Crippen LogP contribution in [0.25, 0.3) is 5.65 Å². The van der Waals surface area contributed by atoms with Gasteiger partial charge in [-0.05, 0) is 79.1 Å². The first-order valence-corrected chi connectivity index (χ1v) is 14.5. The van der Waals surface area contributed by atoms with Crippen molar-refractivity contribution in [1.29, 1.82) is 0 Å². The van der Waals surface area contributed by atoms with Crippen molar-refractivity contribution in [3.8, 4) is 0 Å². The van der Waals surface area contributed by atoms with E-state index >= 15 is 0 Å². The van der Waals surface area contributed by atoms with E-state index in [9.17, 15) is 14.3 Å². The number of aryl methyl sites for hydroxylation is 1. The van der Waals surface area contributed by atoms with Gasteiger partial charge < -0.3 is 14.4 Å². The number of aliphatic carboxylic acids is 1. The number of likely N-dealkylation sites (tertiary alicyclic amines) is 2. The summed E-state index contributed by atoms with van der Waals surface area (Å²) < 4.78 is 16.5. The molecule has 0 spiro atoms. The van der Waals surface area contributed by atoms with Crippen LogP contribution < -0.4 is 0 Å². The van der Waals surface area contributed by atoms with Crippen molar-refractivity contribution in [3.63, 3.8) is 0 Å². The van der Waals surface area contributed by atoms with Gasteiger partial charge in [0.05, 0.1) is 0 Å². The van der Waals surface area contributed by atoms with Gasteiger partial charge in [-0.1, -0.05) is 46.2 Å². The number of fused-ring (bicyclic) bond motifs is 1. The zero-order valence-electron chi connectivity index (χ0n) is 23.8. The Hall–Kier alpha value is -2.77. The molecule has 7 heteroatoms. The summed E-state index contributed by atoms with van der Waals surface area (Å²) in [7, 11) is 0. The molecule has 210 valence electrons. The number of hydrogen-bond acceptors (Lipinski definition) is 4. The summed E-state index contributed by atoms with van der Waals surface area (Å²) in [4.78, 5) is 21.7. The van der Waals surface area contributed by atoms with E-state index in [2.05, 4.69) is 45.7 Å².